The van der Waals surface area contributed by atoms with Crippen LogP contribution in [-0.4, -0.2) is 23.9 Å². The van der Waals surface area contributed by atoms with Gasteiger partial charge in [0.25, 0.3) is 5.91 Å². The molecule has 1 amide bonds. The van der Waals surface area contributed by atoms with Gasteiger partial charge in [-0.15, -0.1) is 0 Å². The Bertz CT molecular complexity index is 950. The largest absolute Gasteiger partial charge is 0.503 e. The van der Waals surface area contributed by atoms with Crippen molar-refractivity contribution in [2.75, 3.05) is 12.0 Å². The number of carbonyl (C=O) groups is 2. The number of anilines is 1. The van der Waals surface area contributed by atoms with E-state index in [9.17, 15) is 14.7 Å². The van der Waals surface area contributed by atoms with E-state index >= 15 is 0 Å². The van der Waals surface area contributed by atoms with Gasteiger partial charge in [-0.25, -0.2) is 0 Å². The van der Waals surface area contributed by atoms with Crippen LogP contribution in [0.1, 0.15) is 51.3 Å². The molecule has 1 N–H and O–H groups in total. The molecule has 0 spiro atoms. The highest BCUT2D eigenvalue weighted by atomic mass is 16.5. The number of aliphatic hydroxyl groups excluding tert-OH is 1. The van der Waals surface area contributed by atoms with Crippen LogP contribution in [0, 0.1) is 0 Å². The minimum Gasteiger partial charge on any atom is -0.503 e. The van der Waals surface area contributed by atoms with E-state index in [0.29, 0.717) is 11.4 Å². The van der Waals surface area contributed by atoms with Crippen LogP contribution in [0.25, 0.3) is 0 Å². The average molecular weight is 393 g/mol. The van der Waals surface area contributed by atoms with Gasteiger partial charge in [0.15, 0.2) is 11.5 Å². The van der Waals surface area contributed by atoms with Crippen molar-refractivity contribution >= 4 is 17.4 Å². The summed E-state index contributed by atoms with van der Waals surface area (Å²) in [5.41, 5.74) is 2.66. The first-order valence-corrected chi connectivity index (χ1v) is 9.73. The molecule has 1 atom stereocenters. The molecule has 152 valence electrons. The molecule has 1 heterocycles. The molecule has 0 radical (unpaired) electrons. The van der Waals surface area contributed by atoms with Crippen molar-refractivity contribution in [3.05, 3.63) is 71.0 Å². The van der Waals surface area contributed by atoms with Crippen molar-refractivity contribution in [2.24, 2.45) is 0 Å². The van der Waals surface area contributed by atoms with Crippen LogP contribution in [0.3, 0.4) is 0 Å². The van der Waals surface area contributed by atoms with E-state index in [0.717, 1.165) is 11.1 Å². The summed E-state index contributed by atoms with van der Waals surface area (Å²) in [5.74, 6) is -0.625. The smallest absolute Gasteiger partial charge is 0.294 e. The summed E-state index contributed by atoms with van der Waals surface area (Å²) in [6.07, 6.45) is 0.208. The highest BCUT2D eigenvalue weighted by Gasteiger charge is 2.43. The molecule has 0 aliphatic carbocycles. The van der Waals surface area contributed by atoms with E-state index in [4.69, 9.17) is 4.74 Å². The Hall–Kier alpha value is -3.08. The predicted molar refractivity (Wildman–Crippen MR) is 113 cm³/mol. The van der Waals surface area contributed by atoms with Crippen LogP contribution in [-0.2, 0) is 15.0 Å². The minimum absolute atomic E-state index is 0.0141. The number of carbonyl (C=O) groups excluding carboxylic acids is 2. The molecule has 1 aliphatic rings. The molecule has 3 rings (SSSR count). The monoisotopic (exact) mass is 393 g/mol. The van der Waals surface area contributed by atoms with Crippen molar-refractivity contribution in [3.8, 4) is 5.75 Å². The number of ketones is 1. The van der Waals surface area contributed by atoms with E-state index in [1.54, 1.807) is 38.3 Å². The predicted octanol–water partition coefficient (Wildman–Crippen LogP) is 4.87. The summed E-state index contributed by atoms with van der Waals surface area (Å²) in [6, 6.07) is 14.2. The molecule has 1 unspecified atom stereocenters. The Labute approximate surface area is 171 Å². The number of rotatable bonds is 5. The molecule has 0 fully saturated rings. The summed E-state index contributed by atoms with van der Waals surface area (Å²) in [4.78, 5) is 27.1. The molecule has 0 saturated carbocycles. The van der Waals surface area contributed by atoms with Crippen molar-refractivity contribution in [3.63, 3.8) is 0 Å². The Morgan fingerprint density at radius 3 is 2.14 bits per heavy atom. The first-order chi connectivity index (χ1) is 13.7. The third kappa shape index (κ3) is 3.77. The Kier molecular flexibility index (Phi) is 5.51. The lowest BCUT2D eigenvalue weighted by molar-refractivity contribution is -0.118. The molecule has 29 heavy (non-hydrogen) atoms. The second-order valence-corrected chi connectivity index (χ2v) is 8.19. The maximum Gasteiger partial charge on any atom is 0.294 e. The maximum absolute atomic E-state index is 12.9. The molecule has 5 heteroatoms. The maximum atomic E-state index is 12.9. The molecular formula is C24H27NO4. The second-order valence-electron chi connectivity index (χ2n) is 8.19. The summed E-state index contributed by atoms with van der Waals surface area (Å²) in [6.45, 7) is 8.11. The number of amides is 1. The lowest BCUT2D eigenvalue weighted by atomic mass is 9.85. The minimum atomic E-state index is -0.669. The van der Waals surface area contributed by atoms with E-state index in [1.807, 2.05) is 24.3 Å². The van der Waals surface area contributed by atoms with Crippen LogP contribution in [0.15, 0.2) is 59.9 Å². The standard InChI is InChI=1S/C24H27NO4/c1-6-19(26)20-21(15-7-9-16(10-8-15)24(2,3)4)25(23(28)22(20)27)17-11-13-18(29-5)14-12-17/h7-14,21,27H,6H2,1-5H3. The average Bonchev–Trinajstić information content (AvgIpc) is 2.98. The molecule has 2 aromatic carbocycles. The van der Waals surface area contributed by atoms with Crippen molar-refractivity contribution in [1.82, 2.24) is 0 Å². The highest BCUT2D eigenvalue weighted by molar-refractivity contribution is 6.16. The molecule has 0 aromatic heterocycles. The van der Waals surface area contributed by atoms with Crippen LogP contribution < -0.4 is 9.64 Å². The fourth-order valence-electron chi connectivity index (χ4n) is 3.57. The Morgan fingerprint density at radius 1 is 1.07 bits per heavy atom. The summed E-state index contributed by atoms with van der Waals surface area (Å²) >= 11 is 0. The summed E-state index contributed by atoms with van der Waals surface area (Å²) in [5, 5.41) is 10.5. The topological polar surface area (TPSA) is 66.8 Å². The number of hydrogen-bond acceptors (Lipinski definition) is 4. The number of hydrogen-bond donors (Lipinski definition) is 1. The number of benzene rings is 2. The van der Waals surface area contributed by atoms with Gasteiger partial charge in [0.2, 0.25) is 0 Å². The molecule has 5 nitrogen and oxygen atoms in total. The first kappa shape index (κ1) is 20.6. The van der Waals surface area contributed by atoms with Crippen molar-refractivity contribution < 1.29 is 19.4 Å². The SMILES string of the molecule is CCC(=O)C1=C(O)C(=O)N(c2ccc(OC)cc2)C1c1ccc(C(C)(C)C)cc1. The summed E-state index contributed by atoms with van der Waals surface area (Å²) < 4.78 is 5.20. The molecule has 1 aliphatic heterocycles. The van der Waals surface area contributed by atoms with Gasteiger partial charge in [-0.05, 0) is 40.8 Å². The third-order valence-electron chi connectivity index (χ3n) is 5.27. The zero-order valence-electron chi connectivity index (χ0n) is 17.5. The van der Waals surface area contributed by atoms with Crippen molar-refractivity contribution in [1.29, 1.82) is 0 Å². The van der Waals surface area contributed by atoms with Gasteiger partial charge < -0.3 is 9.84 Å². The summed E-state index contributed by atoms with van der Waals surface area (Å²) in [7, 11) is 1.57. The lowest BCUT2D eigenvalue weighted by Gasteiger charge is -2.28. The number of methoxy groups -OCH3 is 1. The van der Waals surface area contributed by atoms with Crippen LogP contribution in [0.4, 0.5) is 5.69 Å². The molecule has 2 aromatic rings. The highest BCUT2D eigenvalue weighted by Crippen LogP contribution is 2.42. The fourth-order valence-corrected chi connectivity index (χ4v) is 3.57. The van der Waals surface area contributed by atoms with E-state index < -0.39 is 17.7 Å². The lowest BCUT2D eigenvalue weighted by Crippen LogP contribution is -2.31. The van der Waals surface area contributed by atoms with E-state index in [-0.39, 0.29) is 23.2 Å². The van der Waals surface area contributed by atoms with Crippen LogP contribution in [0.2, 0.25) is 0 Å². The Balaban J connectivity index is 2.12. The zero-order chi connectivity index (χ0) is 21.3. The van der Waals surface area contributed by atoms with Gasteiger partial charge in [-0.2, -0.15) is 0 Å². The third-order valence-corrected chi connectivity index (χ3v) is 5.27. The molecular weight excluding hydrogens is 366 g/mol. The Morgan fingerprint density at radius 2 is 1.66 bits per heavy atom. The van der Waals surface area contributed by atoms with Gasteiger partial charge in [0.1, 0.15) is 5.75 Å². The van der Waals surface area contributed by atoms with E-state index in [2.05, 4.69) is 20.8 Å². The number of Topliss-reactive ketones (excluding diaryl/α,β-unsaturated/α-hetero) is 1. The second kappa shape index (κ2) is 7.74. The molecule has 0 saturated heterocycles. The van der Waals surface area contributed by atoms with Crippen molar-refractivity contribution in [2.45, 2.75) is 45.6 Å². The van der Waals surface area contributed by atoms with Gasteiger partial charge in [0, 0.05) is 12.1 Å². The number of nitrogens with zero attached hydrogens (tertiary/aromatic N) is 1. The quantitative estimate of drug-likeness (QED) is 0.787. The van der Waals surface area contributed by atoms with Gasteiger partial charge in [-0.3, -0.25) is 14.5 Å². The first-order valence-electron chi connectivity index (χ1n) is 9.73. The molecule has 0 bridgehead atoms. The number of ether oxygens (including phenoxy) is 1. The van der Waals surface area contributed by atoms with Gasteiger partial charge >= 0.3 is 0 Å². The van der Waals surface area contributed by atoms with Gasteiger partial charge in [-0.1, -0.05) is 52.0 Å². The van der Waals surface area contributed by atoms with Gasteiger partial charge in [0.05, 0.1) is 18.7 Å². The van der Waals surface area contributed by atoms with E-state index in [1.165, 1.54) is 4.90 Å². The zero-order valence-corrected chi connectivity index (χ0v) is 17.5. The van der Waals surface area contributed by atoms with Crippen LogP contribution in [0.5, 0.6) is 5.75 Å². The fraction of sp³-hybridized carbons (Fsp3) is 0.333. The number of aliphatic hydroxyl groups is 1. The van der Waals surface area contributed by atoms with Crippen LogP contribution >= 0.6 is 0 Å². The normalized spacial score (nSPS) is 17.1.